The average molecular weight is 408 g/mol. The van der Waals surface area contributed by atoms with Gasteiger partial charge in [-0.1, -0.05) is 11.6 Å². The van der Waals surface area contributed by atoms with Gasteiger partial charge in [0.1, 0.15) is 0 Å². The molecule has 0 fully saturated rings. The first kappa shape index (κ1) is 16.3. The number of benzene rings is 2. The third-order valence-corrected chi connectivity index (χ3v) is 5.12. The Morgan fingerprint density at radius 2 is 1.47 bits per heavy atom. The monoisotopic (exact) mass is 407 g/mol. The van der Waals surface area contributed by atoms with Crippen molar-refractivity contribution in [3.05, 3.63) is 60.7 Å². The van der Waals surface area contributed by atoms with Crippen LogP contribution in [0.2, 0.25) is 5.02 Å². The first-order valence-corrected chi connectivity index (χ1v) is 7.95. The molecule has 0 aliphatic heterocycles. The van der Waals surface area contributed by atoms with Crippen molar-refractivity contribution in [1.29, 1.82) is 0 Å². The first-order chi connectivity index (χ1) is 8.63. The van der Waals surface area contributed by atoms with Gasteiger partial charge in [0.25, 0.3) is 0 Å². The zero-order valence-electron chi connectivity index (χ0n) is 10.2. The van der Waals surface area contributed by atoms with Crippen LogP contribution in [0.4, 0.5) is 5.69 Å². The molecule has 0 atom stereocenters. The molecule has 0 radical (unpaired) electrons. The molecule has 0 saturated heterocycles. The van der Waals surface area contributed by atoms with E-state index >= 15 is 0 Å². The van der Waals surface area contributed by atoms with E-state index < -0.39 is 0 Å². The van der Waals surface area contributed by atoms with Crippen LogP contribution < -0.4 is 38.9 Å². The Kier molecular flexibility index (Phi) is 6.62. The molecule has 0 unspecified atom stereocenters. The maximum atomic E-state index is 10.9. The number of hydrogen-bond acceptors (Lipinski definition) is 1. The van der Waals surface area contributed by atoms with Crippen molar-refractivity contribution in [2.24, 2.45) is 0 Å². The minimum absolute atomic E-state index is 0. The molecule has 1 amide bonds. The van der Waals surface area contributed by atoms with Crippen molar-refractivity contribution >= 4 is 23.2 Å². The zero-order chi connectivity index (χ0) is 13.0. The maximum absolute atomic E-state index is 10.9. The minimum atomic E-state index is -0.189. The van der Waals surface area contributed by atoms with Crippen LogP contribution in [0.15, 0.2) is 48.5 Å². The lowest BCUT2D eigenvalue weighted by atomic mass is 10.3. The Morgan fingerprint density at radius 1 is 1.00 bits per heavy atom. The molecule has 5 heteroatoms. The van der Waals surface area contributed by atoms with E-state index in [1.165, 1.54) is 14.1 Å². The molecular formula is C14H12Cl2INO. The van der Waals surface area contributed by atoms with Crippen molar-refractivity contribution in [1.82, 2.24) is 0 Å². The quantitative estimate of drug-likeness (QED) is 0.557. The molecule has 0 aromatic heterocycles. The summed E-state index contributed by atoms with van der Waals surface area (Å²) in [5.41, 5.74) is 0.839. The molecular weight excluding hydrogens is 396 g/mol. The second-order valence-corrected chi connectivity index (χ2v) is 7.19. The van der Waals surface area contributed by atoms with Crippen LogP contribution in [-0.2, 0) is 4.79 Å². The van der Waals surface area contributed by atoms with Gasteiger partial charge in [-0.05, 0) is 48.5 Å². The van der Waals surface area contributed by atoms with Crippen LogP contribution in [-0.4, -0.2) is 5.91 Å². The normalized spacial score (nSPS) is 9.58. The Labute approximate surface area is 134 Å². The fourth-order valence-electron chi connectivity index (χ4n) is 1.42. The Balaban J connectivity index is 0.00000180. The van der Waals surface area contributed by atoms with Crippen LogP contribution >= 0.6 is 11.6 Å². The average Bonchev–Trinajstić information content (AvgIpc) is 2.34. The molecule has 0 bridgehead atoms. The lowest BCUT2D eigenvalue weighted by Crippen LogP contribution is -3.61. The molecule has 100 valence electrons. The number of amides is 1. The highest BCUT2D eigenvalue weighted by Crippen LogP contribution is 2.05. The first-order valence-electron chi connectivity index (χ1n) is 5.41. The molecule has 0 heterocycles. The van der Waals surface area contributed by atoms with Crippen molar-refractivity contribution in [3.63, 3.8) is 0 Å². The van der Waals surface area contributed by atoms with E-state index in [9.17, 15) is 4.79 Å². The maximum Gasteiger partial charge on any atom is 0.357 e. The summed E-state index contributed by atoms with van der Waals surface area (Å²) in [5.74, 6) is -0.0462. The summed E-state index contributed by atoms with van der Waals surface area (Å²) in [4.78, 5) is 10.9. The third kappa shape index (κ3) is 5.38. The van der Waals surface area contributed by atoms with Crippen molar-refractivity contribution < 1.29 is 38.4 Å². The Bertz CT molecular complexity index is 540. The van der Waals surface area contributed by atoms with Gasteiger partial charge in [-0.3, -0.25) is 4.79 Å². The fourth-order valence-corrected chi connectivity index (χ4v) is 3.70. The van der Waals surface area contributed by atoms with Crippen LogP contribution in [0.25, 0.3) is 0 Å². The summed E-state index contributed by atoms with van der Waals surface area (Å²) < 4.78 is 2.63. The zero-order valence-corrected chi connectivity index (χ0v) is 13.8. The molecule has 2 aromatic carbocycles. The standard InChI is InChI=1S/C14H11ClINO.ClH/c1-10(18)17-14-8-6-13(7-9-14)16-12-4-2-11(15)3-5-12;/h2-9H,1H3;1H. The molecule has 2 nitrogen and oxygen atoms in total. The number of halogens is 3. The highest BCUT2D eigenvalue weighted by Gasteiger charge is 2.14. The van der Waals surface area contributed by atoms with Crippen molar-refractivity contribution in [2.45, 2.75) is 6.92 Å². The van der Waals surface area contributed by atoms with Gasteiger partial charge in [0.05, 0.1) is 0 Å². The summed E-state index contributed by atoms with van der Waals surface area (Å²) in [6.07, 6.45) is 0. The molecule has 2 aromatic rings. The summed E-state index contributed by atoms with van der Waals surface area (Å²) in [6.45, 7) is 1.51. The predicted molar refractivity (Wildman–Crippen MR) is 69.6 cm³/mol. The Hall–Kier alpha value is -0.780. The number of carbonyl (C=O) groups excluding carboxylic acids is 1. The van der Waals surface area contributed by atoms with Crippen molar-refractivity contribution in [3.8, 4) is 0 Å². The third-order valence-electron chi connectivity index (χ3n) is 2.19. The van der Waals surface area contributed by atoms with Crippen LogP contribution in [0.1, 0.15) is 6.92 Å². The van der Waals surface area contributed by atoms with Gasteiger partial charge >= 0.3 is 21.2 Å². The second-order valence-electron chi connectivity index (χ2n) is 3.72. The highest BCUT2D eigenvalue weighted by atomic mass is 127. The summed E-state index contributed by atoms with van der Waals surface area (Å²) in [5, 5.41) is 3.53. The van der Waals surface area contributed by atoms with E-state index in [4.69, 9.17) is 11.6 Å². The number of hydrogen-bond donors (Lipinski definition) is 1. The molecule has 19 heavy (non-hydrogen) atoms. The molecule has 2 rings (SSSR count). The lowest BCUT2D eigenvalue weighted by molar-refractivity contribution is -0.597. The van der Waals surface area contributed by atoms with Gasteiger partial charge in [0, 0.05) is 17.6 Å². The molecule has 0 aliphatic carbocycles. The summed E-state index contributed by atoms with van der Waals surface area (Å²) in [6, 6.07) is 16.0. The van der Waals surface area contributed by atoms with Gasteiger partial charge in [-0.2, -0.15) is 0 Å². The van der Waals surface area contributed by atoms with E-state index in [0.717, 1.165) is 10.7 Å². The second kappa shape index (κ2) is 7.72. The van der Waals surface area contributed by atoms with Gasteiger partial charge < -0.3 is 17.7 Å². The van der Waals surface area contributed by atoms with E-state index in [1.54, 1.807) is 0 Å². The number of rotatable bonds is 3. The lowest BCUT2D eigenvalue weighted by Gasteiger charge is -1.99. The smallest absolute Gasteiger partial charge is 0.357 e. The van der Waals surface area contributed by atoms with E-state index in [0.29, 0.717) is 0 Å². The fraction of sp³-hybridized carbons (Fsp3) is 0.0714. The van der Waals surface area contributed by atoms with Gasteiger partial charge in [0.2, 0.25) is 5.91 Å². The number of anilines is 1. The topological polar surface area (TPSA) is 29.1 Å². The predicted octanol–water partition coefficient (Wildman–Crippen LogP) is -2.57. The van der Waals surface area contributed by atoms with Crippen molar-refractivity contribution in [2.75, 3.05) is 5.32 Å². The van der Waals surface area contributed by atoms with Crippen LogP contribution in [0, 0.1) is 7.14 Å². The van der Waals surface area contributed by atoms with E-state index in [2.05, 4.69) is 29.6 Å². The molecule has 0 spiro atoms. The summed E-state index contributed by atoms with van der Waals surface area (Å²) >= 11 is 5.67. The molecule has 0 saturated carbocycles. The van der Waals surface area contributed by atoms with Crippen LogP contribution in [0.5, 0.6) is 0 Å². The highest BCUT2D eigenvalue weighted by molar-refractivity contribution is 6.30. The van der Waals surface area contributed by atoms with Gasteiger partial charge in [0.15, 0.2) is 7.14 Å². The van der Waals surface area contributed by atoms with Gasteiger partial charge in [-0.15, -0.1) is 0 Å². The van der Waals surface area contributed by atoms with E-state index in [1.807, 2.05) is 24.3 Å². The minimum Gasteiger partial charge on any atom is -1.00 e. The van der Waals surface area contributed by atoms with Gasteiger partial charge in [-0.25, -0.2) is 0 Å². The number of nitrogens with one attached hydrogen (secondary N) is 1. The summed E-state index contributed by atoms with van der Waals surface area (Å²) in [7, 11) is 0. The molecule has 1 N–H and O–H groups in total. The SMILES string of the molecule is CC(=O)Nc1ccc([I+]c2ccc(Cl)cc2)cc1.[Cl-]. The number of carbonyl (C=O) groups is 1. The largest absolute Gasteiger partial charge is 1.00 e. The van der Waals surface area contributed by atoms with E-state index in [-0.39, 0.29) is 39.5 Å². The molecule has 0 aliphatic rings. The Morgan fingerprint density at radius 3 is 1.95 bits per heavy atom. The van der Waals surface area contributed by atoms with Crippen LogP contribution in [0.3, 0.4) is 0 Å².